The zero-order valence-electron chi connectivity index (χ0n) is 9.47. The van der Waals surface area contributed by atoms with E-state index in [-0.39, 0.29) is 0 Å². The van der Waals surface area contributed by atoms with Gasteiger partial charge >= 0.3 is 5.97 Å². The Morgan fingerprint density at radius 1 is 1.53 bits per heavy atom. The molecule has 15 heavy (non-hydrogen) atoms. The van der Waals surface area contributed by atoms with E-state index in [1.807, 2.05) is 0 Å². The van der Waals surface area contributed by atoms with Crippen molar-refractivity contribution in [1.82, 2.24) is 16.0 Å². The van der Waals surface area contributed by atoms with Crippen LogP contribution < -0.4 is 16.0 Å². The van der Waals surface area contributed by atoms with Crippen LogP contribution in [0.1, 0.15) is 13.8 Å². The van der Waals surface area contributed by atoms with Crippen molar-refractivity contribution in [3.63, 3.8) is 0 Å². The molecule has 1 saturated heterocycles. The summed E-state index contributed by atoms with van der Waals surface area (Å²) in [4.78, 5) is 10.8. The van der Waals surface area contributed by atoms with Gasteiger partial charge in [0.1, 0.15) is 0 Å². The van der Waals surface area contributed by atoms with E-state index in [4.69, 9.17) is 5.11 Å². The lowest BCUT2D eigenvalue weighted by molar-refractivity contribution is -0.146. The van der Waals surface area contributed by atoms with Gasteiger partial charge in [-0.2, -0.15) is 0 Å². The van der Waals surface area contributed by atoms with Crippen LogP contribution in [0.5, 0.6) is 0 Å². The summed E-state index contributed by atoms with van der Waals surface area (Å²) in [5.74, 6) is -0.760. The average molecular weight is 215 g/mol. The first-order valence-corrected chi connectivity index (χ1v) is 5.40. The van der Waals surface area contributed by atoms with Gasteiger partial charge in [-0.1, -0.05) is 0 Å². The zero-order valence-corrected chi connectivity index (χ0v) is 9.47. The van der Waals surface area contributed by atoms with Gasteiger partial charge in [0.25, 0.3) is 0 Å². The number of hydrogen-bond acceptors (Lipinski definition) is 4. The SMILES string of the molecule is CC(C)(CNC[C@@H]1CNCCN1)C(=O)O. The third kappa shape index (κ3) is 4.15. The topological polar surface area (TPSA) is 73.4 Å². The maximum absolute atomic E-state index is 10.8. The van der Waals surface area contributed by atoms with Crippen LogP contribution in [-0.2, 0) is 4.79 Å². The summed E-state index contributed by atoms with van der Waals surface area (Å²) in [6.07, 6.45) is 0. The van der Waals surface area contributed by atoms with Gasteiger partial charge in [-0.05, 0) is 13.8 Å². The minimum absolute atomic E-state index is 0.406. The maximum atomic E-state index is 10.8. The summed E-state index contributed by atoms with van der Waals surface area (Å²) < 4.78 is 0. The Kier molecular flexibility index (Phi) is 4.50. The van der Waals surface area contributed by atoms with Gasteiger partial charge in [0, 0.05) is 38.8 Å². The molecule has 0 unspecified atom stereocenters. The van der Waals surface area contributed by atoms with E-state index in [1.165, 1.54) is 0 Å². The molecule has 1 rings (SSSR count). The highest BCUT2D eigenvalue weighted by molar-refractivity contribution is 5.73. The number of hydrogen-bond donors (Lipinski definition) is 4. The molecule has 1 atom stereocenters. The first-order valence-electron chi connectivity index (χ1n) is 5.40. The van der Waals surface area contributed by atoms with Crippen molar-refractivity contribution in [3.05, 3.63) is 0 Å². The molecular formula is C10H21N3O2. The molecule has 0 aromatic rings. The number of carboxylic acids is 1. The third-order valence-corrected chi connectivity index (χ3v) is 2.66. The van der Waals surface area contributed by atoms with Crippen LogP contribution in [0.15, 0.2) is 0 Å². The molecule has 0 bridgehead atoms. The second kappa shape index (κ2) is 5.44. The Labute approximate surface area is 90.6 Å². The van der Waals surface area contributed by atoms with Crippen molar-refractivity contribution >= 4 is 5.97 Å². The summed E-state index contributed by atoms with van der Waals surface area (Å²) in [5.41, 5.74) is -0.692. The van der Waals surface area contributed by atoms with E-state index >= 15 is 0 Å². The van der Waals surface area contributed by atoms with Crippen LogP contribution in [-0.4, -0.2) is 49.8 Å². The number of piperazine rings is 1. The van der Waals surface area contributed by atoms with E-state index < -0.39 is 11.4 Å². The van der Waals surface area contributed by atoms with Crippen LogP contribution in [0.25, 0.3) is 0 Å². The quantitative estimate of drug-likeness (QED) is 0.485. The summed E-state index contributed by atoms with van der Waals surface area (Å²) >= 11 is 0. The molecule has 0 aliphatic carbocycles. The molecule has 1 heterocycles. The van der Waals surface area contributed by atoms with Crippen LogP contribution in [0.3, 0.4) is 0 Å². The predicted molar refractivity (Wildman–Crippen MR) is 58.9 cm³/mol. The van der Waals surface area contributed by atoms with Gasteiger partial charge in [-0.15, -0.1) is 0 Å². The molecule has 0 aromatic heterocycles. The fraction of sp³-hybridized carbons (Fsp3) is 0.900. The van der Waals surface area contributed by atoms with E-state index in [0.717, 1.165) is 26.2 Å². The first-order chi connectivity index (χ1) is 7.02. The zero-order chi connectivity index (χ0) is 11.3. The molecule has 1 aliphatic heterocycles. The van der Waals surface area contributed by atoms with Crippen molar-refractivity contribution in [2.45, 2.75) is 19.9 Å². The Bertz CT molecular complexity index is 213. The molecule has 0 amide bonds. The van der Waals surface area contributed by atoms with Crippen LogP contribution >= 0.6 is 0 Å². The van der Waals surface area contributed by atoms with E-state index in [2.05, 4.69) is 16.0 Å². The summed E-state index contributed by atoms with van der Waals surface area (Å²) in [5, 5.41) is 18.8. The third-order valence-electron chi connectivity index (χ3n) is 2.66. The lowest BCUT2D eigenvalue weighted by Gasteiger charge is -2.26. The second-order valence-corrected chi connectivity index (χ2v) is 4.68. The normalized spacial score (nSPS) is 22.7. The number of aliphatic carboxylic acids is 1. The van der Waals surface area contributed by atoms with Crippen LogP contribution in [0, 0.1) is 5.41 Å². The molecule has 0 spiro atoms. The van der Waals surface area contributed by atoms with Gasteiger partial charge < -0.3 is 21.1 Å². The summed E-state index contributed by atoms with van der Waals surface area (Å²) in [6, 6.07) is 0.406. The molecule has 0 aromatic carbocycles. The average Bonchev–Trinajstić information content (AvgIpc) is 2.19. The van der Waals surface area contributed by atoms with Gasteiger partial charge in [-0.25, -0.2) is 0 Å². The fourth-order valence-corrected chi connectivity index (χ4v) is 1.49. The Morgan fingerprint density at radius 3 is 2.80 bits per heavy atom. The second-order valence-electron chi connectivity index (χ2n) is 4.68. The van der Waals surface area contributed by atoms with E-state index in [0.29, 0.717) is 12.6 Å². The minimum atomic E-state index is -0.760. The highest BCUT2D eigenvalue weighted by atomic mass is 16.4. The molecule has 1 fully saturated rings. The van der Waals surface area contributed by atoms with Crippen molar-refractivity contribution in [1.29, 1.82) is 0 Å². The number of nitrogens with one attached hydrogen (secondary N) is 3. The Balaban J connectivity index is 2.17. The molecule has 1 aliphatic rings. The monoisotopic (exact) mass is 215 g/mol. The molecule has 4 N–H and O–H groups in total. The van der Waals surface area contributed by atoms with Crippen LogP contribution in [0.4, 0.5) is 0 Å². The number of carboxylic acid groups (broad SMARTS) is 1. The molecule has 0 radical (unpaired) electrons. The van der Waals surface area contributed by atoms with E-state index in [1.54, 1.807) is 13.8 Å². The highest BCUT2D eigenvalue weighted by Gasteiger charge is 2.26. The standard InChI is InChI=1S/C10H21N3O2/c1-10(2,9(14)15)7-12-6-8-5-11-3-4-13-8/h8,11-13H,3-7H2,1-2H3,(H,14,15)/t8-/m0/s1. The van der Waals surface area contributed by atoms with Gasteiger partial charge in [0.2, 0.25) is 0 Å². The van der Waals surface area contributed by atoms with Crippen molar-refractivity contribution in [3.8, 4) is 0 Å². The maximum Gasteiger partial charge on any atom is 0.310 e. The van der Waals surface area contributed by atoms with Gasteiger partial charge in [0.05, 0.1) is 5.41 Å². The summed E-state index contributed by atoms with van der Waals surface area (Å²) in [7, 11) is 0. The highest BCUT2D eigenvalue weighted by Crippen LogP contribution is 2.12. The van der Waals surface area contributed by atoms with Crippen molar-refractivity contribution < 1.29 is 9.90 Å². The molecule has 88 valence electrons. The number of rotatable bonds is 5. The minimum Gasteiger partial charge on any atom is -0.481 e. The van der Waals surface area contributed by atoms with Crippen LogP contribution in [0.2, 0.25) is 0 Å². The first kappa shape index (κ1) is 12.4. The van der Waals surface area contributed by atoms with Gasteiger partial charge in [0.15, 0.2) is 0 Å². The Hall–Kier alpha value is -0.650. The van der Waals surface area contributed by atoms with Crippen molar-refractivity contribution in [2.24, 2.45) is 5.41 Å². The largest absolute Gasteiger partial charge is 0.481 e. The van der Waals surface area contributed by atoms with E-state index in [9.17, 15) is 4.79 Å². The van der Waals surface area contributed by atoms with Gasteiger partial charge in [-0.3, -0.25) is 4.79 Å². The molecular weight excluding hydrogens is 194 g/mol. The molecule has 0 saturated carbocycles. The van der Waals surface area contributed by atoms with Crippen molar-refractivity contribution in [2.75, 3.05) is 32.7 Å². The number of carbonyl (C=O) groups is 1. The molecule has 5 nitrogen and oxygen atoms in total. The predicted octanol–water partition coefficient (Wildman–Crippen LogP) is -0.752. The lowest BCUT2D eigenvalue weighted by atomic mass is 9.94. The Morgan fingerprint density at radius 2 is 2.27 bits per heavy atom. The summed E-state index contributed by atoms with van der Waals surface area (Å²) in [6.45, 7) is 7.71. The fourth-order valence-electron chi connectivity index (χ4n) is 1.49. The smallest absolute Gasteiger partial charge is 0.310 e. The lowest BCUT2D eigenvalue weighted by Crippen LogP contribution is -2.53. The molecule has 5 heteroatoms.